The molecular weight excluding hydrogens is 306 g/mol. The van der Waals surface area contributed by atoms with Crippen LogP contribution >= 0.6 is 0 Å². The van der Waals surface area contributed by atoms with Crippen LogP contribution < -0.4 is 19.5 Å². The number of aryl methyl sites for hydroxylation is 1. The van der Waals surface area contributed by atoms with Crippen LogP contribution in [0.1, 0.15) is 18.9 Å². The van der Waals surface area contributed by atoms with E-state index in [0.29, 0.717) is 23.8 Å². The van der Waals surface area contributed by atoms with Gasteiger partial charge in [0.25, 0.3) is 5.91 Å². The first-order valence-corrected chi connectivity index (χ1v) is 7.92. The minimum atomic E-state index is -0.245. The maximum atomic E-state index is 12.1. The van der Waals surface area contributed by atoms with Gasteiger partial charge < -0.3 is 19.5 Å². The molecular formula is C19H23NO4. The molecule has 2 aromatic carbocycles. The number of amides is 1. The SMILES string of the molecule is CCCOc1cccc(NC(=O)COc2ccc(C)cc2OC)c1. The molecule has 0 atom stereocenters. The second kappa shape index (κ2) is 8.82. The number of ether oxygens (including phenoxy) is 3. The van der Waals surface area contributed by atoms with Gasteiger partial charge in [0.2, 0.25) is 0 Å². The zero-order valence-corrected chi connectivity index (χ0v) is 14.3. The summed E-state index contributed by atoms with van der Waals surface area (Å²) in [5.74, 6) is 1.64. The van der Waals surface area contributed by atoms with Crippen LogP contribution in [0.5, 0.6) is 17.2 Å². The van der Waals surface area contributed by atoms with Crippen LogP contribution in [0, 0.1) is 6.92 Å². The van der Waals surface area contributed by atoms with Crippen molar-refractivity contribution in [2.75, 3.05) is 25.6 Å². The standard InChI is InChI=1S/C19H23NO4/c1-4-10-23-16-7-5-6-15(12-16)20-19(21)13-24-17-9-8-14(2)11-18(17)22-3/h5-9,11-12H,4,10,13H2,1-3H3,(H,20,21). The lowest BCUT2D eigenvalue weighted by Crippen LogP contribution is -2.20. The molecule has 0 spiro atoms. The number of hydrogen-bond donors (Lipinski definition) is 1. The van der Waals surface area contributed by atoms with E-state index in [1.165, 1.54) is 0 Å². The Labute approximate surface area is 142 Å². The molecule has 0 saturated carbocycles. The van der Waals surface area contributed by atoms with Gasteiger partial charge in [-0.3, -0.25) is 4.79 Å². The van der Waals surface area contributed by atoms with Gasteiger partial charge in [-0.2, -0.15) is 0 Å². The Morgan fingerprint density at radius 3 is 2.67 bits per heavy atom. The van der Waals surface area contributed by atoms with E-state index in [9.17, 15) is 4.79 Å². The molecule has 0 aliphatic rings. The summed E-state index contributed by atoms with van der Waals surface area (Å²) in [6.45, 7) is 4.56. The normalized spacial score (nSPS) is 10.1. The molecule has 0 fully saturated rings. The van der Waals surface area contributed by atoms with Gasteiger partial charge in [-0.1, -0.05) is 19.1 Å². The van der Waals surface area contributed by atoms with Crippen molar-refractivity contribution < 1.29 is 19.0 Å². The Kier molecular flexibility index (Phi) is 6.49. The molecule has 0 aliphatic heterocycles. The van der Waals surface area contributed by atoms with Crippen molar-refractivity contribution in [3.8, 4) is 17.2 Å². The molecule has 2 rings (SSSR count). The lowest BCUT2D eigenvalue weighted by Gasteiger charge is -2.12. The molecule has 0 aliphatic carbocycles. The van der Waals surface area contributed by atoms with E-state index >= 15 is 0 Å². The molecule has 128 valence electrons. The van der Waals surface area contributed by atoms with E-state index in [1.807, 2.05) is 44.2 Å². The number of nitrogens with one attached hydrogen (secondary N) is 1. The summed E-state index contributed by atoms with van der Waals surface area (Å²) >= 11 is 0. The molecule has 0 saturated heterocycles. The third-order valence-corrected chi connectivity index (χ3v) is 3.27. The highest BCUT2D eigenvalue weighted by Crippen LogP contribution is 2.27. The van der Waals surface area contributed by atoms with Gasteiger partial charge in [-0.25, -0.2) is 0 Å². The summed E-state index contributed by atoms with van der Waals surface area (Å²) in [5.41, 5.74) is 1.74. The Hall–Kier alpha value is -2.69. The van der Waals surface area contributed by atoms with Crippen molar-refractivity contribution in [1.29, 1.82) is 0 Å². The Morgan fingerprint density at radius 1 is 1.08 bits per heavy atom. The van der Waals surface area contributed by atoms with Gasteiger partial charge in [0.1, 0.15) is 5.75 Å². The zero-order valence-electron chi connectivity index (χ0n) is 14.3. The lowest BCUT2D eigenvalue weighted by molar-refractivity contribution is -0.118. The summed E-state index contributed by atoms with van der Waals surface area (Å²) in [7, 11) is 1.57. The van der Waals surface area contributed by atoms with Crippen molar-refractivity contribution >= 4 is 11.6 Å². The minimum absolute atomic E-state index is 0.0978. The van der Waals surface area contributed by atoms with Gasteiger partial charge in [0.05, 0.1) is 13.7 Å². The number of hydrogen-bond acceptors (Lipinski definition) is 4. The Bertz CT molecular complexity index is 685. The van der Waals surface area contributed by atoms with Crippen LogP contribution in [0.4, 0.5) is 5.69 Å². The van der Waals surface area contributed by atoms with Gasteiger partial charge >= 0.3 is 0 Å². The molecule has 0 aromatic heterocycles. The summed E-state index contributed by atoms with van der Waals surface area (Å²) in [6, 6.07) is 12.9. The first kappa shape index (κ1) is 17.7. The van der Waals surface area contributed by atoms with E-state index in [4.69, 9.17) is 14.2 Å². The number of benzene rings is 2. The van der Waals surface area contributed by atoms with Crippen LogP contribution in [0.15, 0.2) is 42.5 Å². The molecule has 2 aromatic rings. The van der Waals surface area contributed by atoms with E-state index < -0.39 is 0 Å². The van der Waals surface area contributed by atoms with Crippen molar-refractivity contribution in [2.45, 2.75) is 20.3 Å². The predicted octanol–water partition coefficient (Wildman–Crippen LogP) is 3.81. The number of carbonyl (C=O) groups excluding carboxylic acids is 1. The van der Waals surface area contributed by atoms with Crippen LogP contribution in [0.3, 0.4) is 0 Å². The monoisotopic (exact) mass is 329 g/mol. The summed E-state index contributed by atoms with van der Waals surface area (Å²) in [6.07, 6.45) is 0.933. The van der Waals surface area contributed by atoms with E-state index in [0.717, 1.165) is 17.7 Å². The third-order valence-electron chi connectivity index (χ3n) is 3.27. The van der Waals surface area contributed by atoms with Crippen molar-refractivity contribution in [3.05, 3.63) is 48.0 Å². The summed E-state index contributed by atoms with van der Waals surface area (Å²) in [5, 5.41) is 2.79. The molecule has 0 bridgehead atoms. The fourth-order valence-corrected chi connectivity index (χ4v) is 2.12. The van der Waals surface area contributed by atoms with Crippen LogP contribution in [0.2, 0.25) is 0 Å². The largest absolute Gasteiger partial charge is 0.494 e. The highest BCUT2D eigenvalue weighted by atomic mass is 16.5. The Balaban J connectivity index is 1.92. The molecule has 5 heteroatoms. The van der Waals surface area contributed by atoms with Crippen LogP contribution in [-0.4, -0.2) is 26.2 Å². The van der Waals surface area contributed by atoms with Gasteiger partial charge in [0, 0.05) is 11.8 Å². The van der Waals surface area contributed by atoms with Crippen molar-refractivity contribution in [2.24, 2.45) is 0 Å². The first-order valence-electron chi connectivity index (χ1n) is 7.92. The van der Waals surface area contributed by atoms with E-state index in [2.05, 4.69) is 5.32 Å². The van der Waals surface area contributed by atoms with Gasteiger partial charge in [-0.05, 0) is 43.2 Å². The fourth-order valence-electron chi connectivity index (χ4n) is 2.12. The second-order valence-electron chi connectivity index (χ2n) is 5.37. The average molecular weight is 329 g/mol. The molecule has 0 radical (unpaired) electrons. The lowest BCUT2D eigenvalue weighted by atomic mass is 10.2. The third kappa shape index (κ3) is 5.19. The zero-order chi connectivity index (χ0) is 17.4. The van der Waals surface area contributed by atoms with E-state index in [1.54, 1.807) is 19.2 Å². The van der Waals surface area contributed by atoms with Gasteiger partial charge in [-0.15, -0.1) is 0 Å². The number of rotatable bonds is 8. The molecule has 1 amide bonds. The first-order chi connectivity index (χ1) is 11.6. The average Bonchev–Trinajstić information content (AvgIpc) is 2.59. The smallest absolute Gasteiger partial charge is 0.262 e. The molecule has 5 nitrogen and oxygen atoms in total. The number of anilines is 1. The van der Waals surface area contributed by atoms with Crippen molar-refractivity contribution in [1.82, 2.24) is 0 Å². The van der Waals surface area contributed by atoms with Crippen LogP contribution in [-0.2, 0) is 4.79 Å². The fraction of sp³-hybridized carbons (Fsp3) is 0.316. The summed E-state index contributed by atoms with van der Waals surface area (Å²) < 4.78 is 16.3. The Morgan fingerprint density at radius 2 is 1.92 bits per heavy atom. The molecule has 1 N–H and O–H groups in total. The maximum Gasteiger partial charge on any atom is 0.262 e. The van der Waals surface area contributed by atoms with Gasteiger partial charge in [0.15, 0.2) is 18.1 Å². The predicted molar refractivity (Wildman–Crippen MR) is 94.1 cm³/mol. The highest BCUT2D eigenvalue weighted by molar-refractivity contribution is 5.92. The van der Waals surface area contributed by atoms with Crippen LogP contribution in [0.25, 0.3) is 0 Å². The number of carbonyl (C=O) groups is 1. The maximum absolute atomic E-state index is 12.1. The quantitative estimate of drug-likeness (QED) is 0.800. The topological polar surface area (TPSA) is 56.8 Å². The highest BCUT2D eigenvalue weighted by Gasteiger charge is 2.08. The molecule has 24 heavy (non-hydrogen) atoms. The summed E-state index contributed by atoms with van der Waals surface area (Å²) in [4.78, 5) is 12.1. The number of methoxy groups -OCH3 is 1. The van der Waals surface area contributed by atoms with E-state index in [-0.39, 0.29) is 12.5 Å². The minimum Gasteiger partial charge on any atom is -0.494 e. The second-order valence-corrected chi connectivity index (χ2v) is 5.37. The molecule has 0 unspecified atom stereocenters. The molecule has 0 heterocycles. The van der Waals surface area contributed by atoms with Crippen molar-refractivity contribution in [3.63, 3.8) is 0 Å².